The number of methoxy groups -OCH3 is 1. The van der Waals surface area contributed by atoms with Gasteiger partial charge in [0, 0.05) is 7.11 Å². The van der Waals surface area contributed by atoms with Crippen molar-refractivity contribution in [1.82, 2.24) is 5.32 Å². The molecule has 0 aromatic rings. The molecule has 1 unspecified atom stereocenters. The Labute approximate surface area is 91.3 Å². The lowest BCUT2D eigenvalue weighted by atomic mass is 10.3. The molecule has 5 heteroatoms. The smallest absolute Gasteiger partial charge is 0.119 e. The van der Waals surface area contributed by atoms with Crippen molar-refractivity contribution in [3.8, 4) is 6.07 Å². The highest BCUT2D eigenvalue weighted by atomic mass is 16.5. The average molecular weight is 216 g/mol. The number of nitriles is 1. The summed E-state index contributed by atoms with van der Waals surface area (Å²) in [6.07, 6.45) is 0. The van der Waals surface area contributed by atoms with E-state index in [9.17, 15) is 0 Å². The molecule has 0 saturated heterocycles. The molecule has 88 valence electrons. The molecular formula is C10H20N2O3. The van der Waals surface area contributed by atoms with Gasteiger partial charge in [-0.3, -0.25) is 0 Å². The van der Waals surface area contributed by atoms with E-state index in [4.69, 9.17) is 19.5 Å². The lowest BCUT2D eigenvalue weighted by Crippen LogP contribution is -2.32. The van der Waals surface area contributed by atoms with Crippen LogP contribution in [-0.2, 0) is 14.2 Å². The second-order valence-electron chi connectivity index (χ2n) is 2.92. The Hall–Kier alpha value is -0.670. The molecule has 1 N–H and O–H groups in total. The molecule has 0 bridgehead atoms. The van der Waals surface area contributed by atoms with Gasteiger partial charge in [-0.25, -0.2) is 0 Å². The minimum absolute atomic E-state index is 0.228. The van der Waals surface area contributed by atoms with Crippen LogP contribution in [0.1, 0.15) is 6.92 Å². The van der Waals surface area contributed by atoms with Gasteiger partial charge >= 0.3 is 0 Å². The van der Waals surface area contributed by atoms with E-state index in [1.807, 2.05) is 6.92 Å². The maximum absolute atomic E-state index is 8.69. The molecule has 0 aliphatic carbocycles. The third kappa shape index (κ3) is 9.63. The van der Waals surface area contributed by atoms with Gasteiger partial charge in [-0.15, -0.1) is 0 Å². The predicted octanol–water partition coefficient (Wildman–Crippen LogP) is 0.168. The maximum Gasteiger partial charge on any atom is 0.119 e. The molecule has 15 heavy (non-hydrogen) atoms. The van der Waals surface area contributed by atoms with Crippen molar-refractivity contribution in [2.24, 2.45) is 0 Å². The van der Waals surface area contributed by atoms with Gasteiger partial charge in [0.05, 0.1) is 39.1 Å². The third-order valence-corrected chi connectivity index (χ3v) is 1.69. The van der Waals surface area contributed by atoms with Gasteiger partial charge in [0.15, 0.2) is 0 Å². The maximum atomic E-state index is 8.69. The highest BCUT2D eigenvalue weighted by molar-refractivity contribution is 4.88. The first-order chi connectivity index (χ1) is 7.35. The van der Waals surface area contributed by atoms with Gasteiger partial charge in [-0.05, 0) is 6.54 Å². The largest absolute Gasteiger partial charge is 0.382 e. The van der Waals surface area contributed by atoms with Crippen LogP contribution in [0, 0.1) is 11.3 Å². The number of rotatable bonds is 10. The SMILES string of the molecule is CCNC(C#N)COCCOCCOC. The summed E-state index contributed by atoms with van der Waals surface area (Å²) in [5.74, 6) is 0. The highest BCUT2D eigenvalue weighted by Crippen LogP contribution is 1.85. The quantitative estimate of drug-likeness (QED) is 0.527. The Morgan fingerprint density at radius 2 is 1.87 bits per heavy atom. The van der Waals surface area contributed by atoms with Crippen LogP contribution in [0.2, 0.25) is 0 Å². The molecule has 0 aromatic heterocycles. The van der Waals surface area contributed by atoms with Gasteiger partial charge in [0.1, 0.15) is 6.04 Å². The molecule has 5 nitrogen and oxygen atoms in total. The lowest BCUT2D eigenvalue weighted by Gasteiger charge is -2.10. The number of likely N-dealkylation sites (N-methyl/N-ethyl adjacent to an activating group) is 1. The Morgan fingerprint density at radius 3 is 2.47 bits per heavy atom. The van der Waals surface area contributed by atoms with Crippen LogP contribution in [0.5, 0.6) is 0 Å². The summed E-state index contributed by atoms with van der Waals surface area (Å²) in [7, 11) is 1.63. The Morgan fingerprint density at radius 1 is 1.20 bits per heavy atom. The highest BCUT2D eigenvalue weighted by Gasteiger charge is 2.03. The molecular weight excluding hydrogens is 196 g/mol. The molecule has 0 radical (unpaired) electrons. The zero-order chi connectivity index (χ0) is 11.4. The molecule has 0 saturated carbocycles. The molecule has 0 heterocycles. The van der Waals surface area contributed by atoms with Gasteiger partial charge in [-0.1, -0.05) is 6.92 Å². The minimum atomic E-state index is -0.228. The third-order valence-electron chi connectivity index (χ3n) is 1.69. The van der Waals surface area contributed by atoms with Crippen molar-refractivity contribution >= 4 is 0 Å². The lowest BCUT2D eigenvalue weighted by molar-refractivity contribution is 0.0225. The van der Waals surface area contributed by atoms with Crippen LogP contribution < -0.4 is 5.32 Å². The molecule has 0 aliphatic rings. The molecule has 0 fully saturated rings. The molecule has 0 aromatic carbocycles. The second kappa shape index (κ2) is 11.4. The van der Waals surface area contributed by atoms with E-state index in [0.717, 1.165) is 6.54 Å². The van der Waals surface area contributed by atoms with E-state index in [2.05, 4.69) is 11.4 Å². The van der Waals surface area contributed by atoms with E-state index in [1.165, 1.54) is 0 Å². The first-order valence-electron chi connectivity index (χ1n) is 5.12. The van der Waals surface area contributed by atoms with E-state index in [1.54, 1.807) is 7.11 Å². The molecule has 0 amide bonds. The predicted molar refractivity (Wildman–Crippen MR) is 56.6 cm³/mol. The van der Waals surface area contributed by atoms with E-state index in [0.29, 0.717) is 33.0 Å². The summed E-state index contributed by atoms with van der Waals surface area (Å²) < 4.78 is 15.3. The van der Waals surface area contributed by atoms with E-state index < -0.39 is 0 Å². The Kier molecular flexibility index (Phi) is 10.9. The normalized spacial score (nSPS) is 12.3. The topological polar surface area (TPSA) is 63.5 Å². The van der Waals surface area contributed by atoms with Crippen LogP contribution in [0.25, 0.3) is 0 Å². The van der Waals surface area contributed by atoms with Crippen molar-refractivity contribution in [3.05, 3.63) is 0 Å². The van der Waals surface area contributed by atoms with Crippen LogP contribution in [0.15, 0.2) is 0 Å². The zero-order valence-corrected chi connectivity index (χ0v) is 9.49. The first kappa shape index (κ1) is 14.3. The van der Waals surface area contributed by atoms with Crippen LogP contribution in [0.3, 0.4) is 0 Å². The number of nitrogens with one attached hydrogen (secondary N) is 1. The van der Waals surface area contributed by atoms with Crippen molar-refractivity contribution in [1.29, 1.82) is 5.26 Å². The molecule has 1 atom stereocenters. The van der Waals surface area contributed by atoms with Crippen LogP contribution in [0.4, 0.5) is 0 Å². The first-order valence-corrected chi connectivity index (χ1v) is 5.12. The van der Waals surface area contributed by atoms with E-state index in [-0.39, 0.29) is 6.04 Å². The summed E-state index contributed by atoms with van der Waals surface area (Å²) in [5, 5.41) is 11.7. The second-order valence-corrected chi connectivity index (χ2v) is 2.92. The monoisotopic (exact) mass is 216 g/mol. The summed E-state index contributed by atoms with van der Waals surface area (Å²) in [5.41, 5.74) is 0. The minimum Gasteiger partial charge on any atom is -0.382 e. The molecule has 0 spiro atoms. The average Bonchev–Trinajstić information content (AvgIpc) is 2.26. The van der Waals surface area contributed by atoms with Gasteiger partial charge in [0.25, 0.3) is 0 Å². The zero-order valence-electron chi connectivity index (χ0n) is 9.49. The van der Waals surface area contributed by atoms with Crippen molar-refractivity contribution in [2.75, 3.05) is 46.7 Å². The van der Waals surface area contributed by atoms with Crippen LogP contribution >= 0.6 is 0 Å². The van der Waals surface area contributed by atoms with Crippen molar-refractivity contribution in [3.63, 3.8) is 0 Å². The summed E-state index contributed by atoms with van der Waals surface area (Å²) >= 11 is 0. The van der Waals surface area contributed by atoms with E-state index >= 15 is 0 Å². The van der Waals surface area contributed by atoms with Gasteiger partial charge < -0.3 is 19.5 Å². The molecule has 0 rings (SSSR count). The molecule has 0 aliphatic heterocycles. The van der Waals surface area contributed by atoms with Crippen molar-refractivity contribution < 1.29 is 14.2 Å². The standard InChI is InChI=1S/C10H20N2O3/c1-3-12-10(8-11)9-15-7-6-14-5-4-13-2/h10,12H,3-7,9H2,1-2H3. The summed E-state index contributed by atoms with van der Waals surface area (Å²) in [4.78, 5) is 0. The Bertz CT molecular complexity index is 171. The van der Waals surface area contributed by atoms with Crippen molar-refractivity contribution in [2.45, 2.75) is 13.0 Å². The number of nitrogens with zero attached hydrogens (tertiary/aromatic N) is 1. The van der Waals surface area contributed by atoms with Crippen LogP contribution in [-0.4, -0.2) is 52.7 Å². The van der Waals surface area contributed by atoms with Gasteiger partial charge in [0.2, 0.25) is 0 Å². The number of hydrogen-bond donors (Lipinski definition) is 1. The number of ether oxygens (including phenoxy) is 3. The Balaban J connectivity index is 3.19. The fourth-order valence-corrected chi connectivity index (χ4v) is 0.952. The summed E-state index contributed by atoms with van der Waals surface area (Å²) in [6.45, 7) is 5.34. The number of hydrogen-bond acceptors (Lipinski definition) is 5. The van der Waals surface area contributed by atoms with Gasteiger partial charge in [-0.2, -0.15) is 5.26 Å². The summed E-state index contributed by atoms with van der Waals surface area (Å²) in [6, 6.07) is 1.89. The fourth-order valence-electron chi connectivity index (χ4n) is 0.952. The fraction of sp³-hybridized carbons (Fsp3) is 0.900.